The zero-order valence-corrected chi connectivity index (χ0v) is 10.3. The van der Waals surface area contributed by atoms with Crippen LogP contribution in [0.4, 0.5) is 0 Å². The van der Waals surface area contributed by atoms with Gasteiger partial charge in [0, 0.05) is 26.1 Å². The van der Waals surface area contributed by atoms with Crippen LogP contribution in [0.25, 0.3) is 0 Å². The Hall–Kier alpha value is -0.610. The lowest BCUT2D eigenvalue weighted by molar-refractivity contribution is -0.133. The van der Waals surface area contributed by atoms with E-state index >= 15 is 0 Å². The number of carbonyl (C=O) groups excluding carboxylic acids is 1. The molecule has 0 spiro atoms. The second kappa shape index (κ2) is 6.80. The van der Waals surface area contributed by atoms with Gasteiger partial charge in [-0.05, 0) is 27.3 Å². The zero-order valence-electron chi connectivity index (χ0n) is 10.3. The van der Waals surface area contributed by atoms with Gasteiger partial charge in [-0.25, -0.2) is 0 Å². The molecule has 1 amide bonds. The quantitative estimate of drug-likeness (QED) is 0.613. The molecule has 0 bridgehead atoms. The highest BCUT2D eigenvalue weighted by molar-refractivity contribution is 5.76. The number of amides is 1. The Labute approximate surface area is 92.7 Å². The minimum Gasteiger partial charge on any atom is -0.389 e. The minimum absolute atomic E-state index is 0.0978. The highest BCUT2D eigenvalue weighted by Gasteiger charge is 2.20. The predicted octanol–water partition coefficient (Wildman–Crippen LogP) is 0.605. The first-order chi connectivity index (χ1) is 6.90. The number of aliphatic hydroxyl groups is 1. The van der Waals surface area contributed by atoms with Crippen LogP contribution in [-0.2, 0) is 4.79 Å². The SMILES string of the molecule is CCNCCC(=O)N(CC)CC(C)(C)O. The topological polar surface area (TPSA) is 52.6 Å². The zero-order chi connectivity index (χ0) is 11.9. The molecule has 2 N–H and O–H groups in total. The average molecular weight is 216 g/mol. The second-order valence-corrected chi connectivity index (χ2v) is 4.32. The van der Waals surface area contributed by atoms with Gasteiger partial charge in [-0.2, -0.15) is 0 Å². The Morgan fingerprint density at radius 1 is 1.40 bits per heavy atom. The summed E-state index contributed by atoms with van der Waals surface area (Å²) in [6.07, 6.45) is 0.498. The molecule has 0 aromatic rings. The number of rotatable bonds is 7. The third-order valence-corrected chi connectivity index (χ3v) is 2.08. The molecule has 0 saturated heterocycles. The van der Waals surface area contributed by atoms with Crippen molar-refractivity contribution in [2.45, 2.75) is 39.7 Å². The van der Waals surface area contributed by atoms with Crippen LogP contribution in [0.15, 0.2) is 0 Å². The van der Waals surface area contributed by atoms with Crippen LogP contribution in [0.2, 0.25) is 0 Å². The van der Waals surface area contributed by atoms with Crippen molar-refractivity contribution < 1.29 is 9.90 Å². The largest absolute Gasteiger partial charge is 0.389 e. The fraction of sp³-hybridized carbons (Fsp3) is 0.909. The molecule has 0 atom stereocenters. The molecule has 0 aliphatic heterocycles. The van der Waals surface area contributed by atoms with E-state index in [1.54, 1.807) is 18.7 Å². The predicted molar refractivity (Wildman–Crippen MR) is 61.7 cm³/mol. The van der Waals surface area contributed by atoms with E-state index < -0.39 is 5.60 Å². The van der Waals surface area contributed by atoms with Crippen LogP contribution in [-0.4, -0.2) is 47.7 Å². The van der Waals surface area contributed by atoms with Crippen molar-refractivity contribution in [2.75, 3.05) is 26.2 Å². The van der Waals surface area contributed by atoms with Gasteiger partial charge in [0.15, 0.2) is 0 Å². The van der Waals surface area contributed by atoms with Crippen molar-refractivity contribution in [1.29, 1.82) is 0 Å². The third-order valence-electron chi connectivity index (χ3n) is 2.08. The Morgan fingerprint density at radius 3 is 2.40 bits per heavy atom. The van der Waals surface area contributed by atoms with Crippen molar-refractivity contribution in [3.63, 3.8) is 0 Å². The van der Waals surface area contributed by atoms with Crippen molar-refractivity contribution in [2.24, 2.45) is 0 Å². The van der Waals surface area contributed by atoms with E-state index in [1.807, 2.05) is 13.8 Å². The highest BCUT2D eigenvalue weighted by Crippen LogP contribution is 2.05. The molecule has 4 nitrogen and oxygen atoms in total. The first-order valence-electron chi connectivity index (χ1n) is 5.61. The summed E-state index contributed by atoms with van der Waals surface area (Å²) in [7, 11) is 0. The third kappa shape index (κ3) is 7.33. The first kappa shape index (κ1) is 14.4. The van der Waals surface area contributed by atoms with Crippen LogP contribution in [0.5, 0.6) is 0 Å². The molecule has 0 aromatic carbocycles. The summed E-state index contributed by atoms with van der Waals surface area (Å²) in [6, 6.07) is 0. The molecule has 15 heavy (non-hydrogen) atoms. The van der Waals surface area contributed by atoms with Crippen molar-refractivity contribution in [3.8, 4) is 0 Å². The van der Waals surface area contributed by atoms with Crippen LogP contribution in [0.3, 0.4) is 0 Å². The molecule has 0 heterocycles. The van der Waals surface area contributed by atoms with Gasteiger partial charge in [-0.15, -0.1) is 0 Å². The maximum atomic E-state index is 11.7. The molecule has 0 aliphatic carbocycles. The summed E-state index contributed by atoms with van der Waals surface area (Å²) in [6.45, 7) is 10.0. The van der Waals surface area contributed by atoms with E-state index in [-0.39, 0.29) is 5.91 Å². The van der Waals surface area contributed by atoms with Gasteiger partial charge >= 0.3 is 0 Å². The number of nitrogens with one attached hydrogen (secondary N) is 1. The van der Waals surface area contributed by atoms with Gasteiger partial charge in [0.25, 0.3) is 0 Å². The van der Waals surface area contributed by atoms with Crippen molar-refractivity contribution in [1.82, 2.24) is 10.2 Å². The van der Waals surface area contributed by atoms with Crippen LogP contribution in [0, 0.1) is 0 Å². The molecule has 0 rings (SSSR count). The molecular formula is C11H24N2O2. The van der Waals surface area contributed by atoms with E-state index in [2.05, 4.69) is 5.32 Å². The van der Waals surface area contributed by atoms with Crippen molar-refractivity contribution >= 4 is 5.91 Å². The van der Waals surface area contributed by atoms with E-state index in [0.717, 1.165) is 6.54 Å². The molecule has 0 aromatic heterocycles. The lowest BCUT2D eigenvalue weighted by Gasteiger charge is -2.28. The maximum absolute atomic E-state index is 11.7. The fourth-order valence-corrected chi connectivity index (χ4v) is 1.37. The van der Waals surface area contributed by atoms with Gasteiger partial charge < -0.3 is 15.3 Å². The summed E-state index contributed by atoms with van der Waals surface area (Å²) >= 11 is 0. The van der Waals surface area contributed by atoms with E-state index in [4.69, 9.17) is 0 Å². The summed E-state index contributed by atoms with van der Waals surface area (Å²) < 4.78 is 0. The normalized spacial score (nSPS) is 11.5. The van der Waals surface area contributed by atoms with E-state index in [0.29, 0.717) is 26.1 Å². The van der Waals surface area contributed by atoms with Gasteiger partial charge in [-0.1, -0.05) is 6.92 Å². The minimum atomic E-state index is -0.816. The van der Waals surface area contributed by atoms with Crippen LogP contribution < -0.4 is 5.32 Å². The number of carbonyl (C=O) groups is 1. The van der Waals surface area contributed by atoms with Crippen LogP contribution in [0.1, 0.15) is 34.1 Å². The van der Waals surface area contributed by atoms with Crippen molar-refractivity contribution in [3.05, 3.63) is 0 Å². The first-order valence-corrected chi connectivity index (χ1v) is 5.61. The second-order valence-electron chi connectivity index (χ2n) is 4.32. The summed E-state index contributed by atoms with van der Waals surface area (Å²) in [5, 5.41) is 12.7. The summed E-state index contributed by atoms with van der Waals surface area (Å²) in [5.41, 5.74) is -0.816. The van der Waals surface area contributed by atoms with E-state index in [9.17, 15) is 9.90 Å². The highest BCUT2D eigenvalue weighted by atomic mass is 16.3. The standard InChI is InChI=1S/C11H24N2O2/c1-5-12-8-7-10(14)13(6-2)9-11(3,4)15/h12,15H,5-9H2,1-4H3. The molecule has 0 fully saturated rings. The Morgan fingerprint density at radius 2 is 2.00 bits per heavy atom. The summed E-state index contributed by atoms with van der Waals surface area (Å²) in [5.74, 6) is 0.0978. The lowest BCUT2D eigenvalue weighted by Crippen LogP contribution is -2.42. The molecule has 0 unspecified atom stereocenters. The van der Waals surface area contributed by atoms with Gasteiger partial charge in [0.05, 0.1) is 5.60 Å². The molecule has 4 heteroatoms. The molecule has 90 valence electrons. The number of likely N-dealkylation sites (N-methyl/N-ethyl adjacent to an activating group) is 1. The average Bonchev–Trinajstić information content (AvgIpc) is 2.13. The molecular weight excluding hydrogens is 192 g/mol. The number of hydrogen-bond donors (Lipinski definition) is 2. The summed E-state index contributed by atoms with van der Waals surface area (Å²) in [4.78, 5) is 13.4. The molecule has 0 aliphatic rings. The Bertz CT molecular complexity index is 188. The van der Waals surface area contributed by atoms with E-state index in [1.165, 1.54) is 0 Å². The van der Waals surface area contributed by atoms with Gasteiger partial charge in [0.2, 0.25) is 5.91 Å². The number of nitrogens with zero attached hydrogens (tertiary/aromatic N) is 1. The monoisotopic (exact) mass is 216 g/mol. The number of hydrogen-bond acceptors (Lipinski definition) is 3. The smallest absolute Gasteiger partial charge is 0.223 e. The fourth-order valence-electron chi connectivity index (χ4n) is 1.37. The molecule has 0 radical (unpaired) electrons. The lowest BCUT2D eigenvalue weighted by atomic mass is 10.1. The Kier molecular flexibility index (Phi) is 6.52. The maximum Gasteiger partial charge on any atom is 0.223 e. The van der Waals surface area contributed by atoms with Crippen LogP contribution >= 0.6 is 0 Å². The van der Waals surface area contributed by atoms with Gasteiger partial charge in [0.1, 0.15) is 0 Å². The van der Waals surface area contributed by atoms with Gasteiger partial charge in [-0.3, -0.25) is 4.79 Å². The molecule has 0 saturated carbocycles. The Balaban J connectivity index is 4.00.